The molecule has 1 heterocycles. The summed E-state index contributed by atoms with van der Waals surface area (Å²) in [7, 11) is 0. The molecule has 0 aliphatic heterocycles. The standard InChI is InChI=1S/C19H21N3O2/c1-3-22-17-10-5-4-9-16(17)21-18(22)13(2)20-12-14-7-6-8-15(11-14)19(23)24/h4-11,13,20H,3,12H2,1-2H3,(H,23,24). The number of carbonyl (C=O) groups is 1. The van der Waals surface area contributed by atoms with Gasteiger partial charge < -0.3 is 15.0 Å². The summed E-state index contributed by atoms with van der Waals surface area (Å²) in [5.41, 5.74) is 3.39. The first kappa shape index (κ1) is 16.2. The lowest BCUT2D eigenvalue weighted by molar-refractivity contribution is 0.0696. The molecular formula is C19H21N3O2. The first-order chi connectivity index (χ1) is 11.6. The summed E-state index contributed by atoms with van der Waals surface area (Å²) in [4.78, 5) is 15.8. The van der Waals surface area contributed by atoms with E-state index in [1.54, 1.807) is 18.2 Å². The average molecular weight is 323 g/mol. The Kier molecular flexibility index (Phi) is 4.62. The third-order valence-electron chi connectivity index (χ3n) is 4.17. The maximum absolute atomic E-state index is 11.1. The number of aromatic carboxylic acids is 1. The van der Waals surface area contributed by atoms with Gasteiger partial charge in [-0.3, -0.25) is 0 Å². The minimum absolute atomic E-state index is 0.0610. The molecule has 2 N–H and O–H groups in total. The van der Waals surface area contributed by atoms with Gasteiger partial charge in [0.25, 0.3) is 0 Å². The molecule has 124 valence electrons. The maximum Gasteiger partial charge on any atom is 0.335 e. The summed E-state index contributed by atoms with van der Waals surface area (Å²) in [6.07, 6.45) is 0. The van der Waals surface area contributed by atoms with Gasteiger partial charge in [0.2, 0.25) is 0 Å². The zero-order chi connectivity index (χ0) is 17.1. The van der Waals surface area contributed by atoms with E-state index in [2.05, 4.69) is 29.8 Å². The topological polar surface area (TPSA) is 67.2 Å². The second-order valence-corrected chi connectivity index (χ2v) is 5.81. The number of fused-ring (bicyclic) bond motifs is 1. The molecule has 1 aromatic heterocycles. The van der Waals surface area contributed by atoms with E-state index in [0.717, 1.165) is 29.0 Å². The molecule has 0 aliphatic carbocycles. The number of aromatic nitrogens is 2. The molecule has 0 aliphatic rings. The van der Waals surface area contributed by atoms with Crippen LogP contribution in [0.15, 0.2) is 48.5 Å². The van der Waals surface area contributed by atoms with Crippen LogP contribution in [0.5, 0.6) is 0 Å². The average Bonchev–Trinajstić information content (AvgIpc) is 2.98. The van der Waals surface area contributed by atoms with Crippen molar-refractivity contribution in [1.82, 2.24) is 14.9 Å². The molecular weight excluding hydrogens is 302 g/mol. The Morgan fingerprint density at radius 1 is 1.25 bits per heavy atom. The summed E-state index contributed by atoms with van der Waals surface area (Å²) >= 11 is 0. The van der Waals surface area contributed by atoms with E-state index in [4.69, 9.17) is 10.1 Å². The van der Waals surface area contributed by atoms with E-state index in [0.29, 0.717) is 12.1 Å². The number of aryl methyl sites for hydroxylation is 1. The molecule has 1 unspecified atom stereocenters. The van der Waals surface area contributed by atoms with Crippen molar-refractivity contribution in [3.8, 4) is 0 Å². The van der Waals surface area contributed by atoms with Crippen LogP contribution in [-0.2, 0) is 13.1 Å². The molecule has 0 spiro atoms. The largest absolute Gasteiger partial charge is 0.478 e. The molecule has 0 amide bonds. The lowest BCUT2D eigenvalue weighted by Gasteiger charge is -2.15. The smallest absolute Gasteiger partial charge is 0.335 e. The first-order valence-corrected chi connectivity index (χ1v) is 8.11. The van der Waals surface area contributed by atoms with Crippen molar-refractivity contribution in [1.29, 1.82) is 0 Å². The second-order valence-electron chi connectivity index (χ2n) is 5.81. The number of nitrogens with one attached hydrogen (secondary N) is 1. The van der Waals surface area contributed by atoms with Crippen LogP contribution in [0.1, 0.15) is 41.6 Å². The fourth-order valence-electron chi connectivity index (χ4n) is 2.93. The third kappa shape index (κ3) is 3.16. The number of hydrogen-bond acceptors (Lipinski definition) is 3. The van der Waals surface area contributed by atoms with Gasteiger partial charge in [0.05, 0.1) is 22.6 Å². The zero-order valence-electron chi connectivity index (χ0n) is 13.9. The van der Waals surface area contributed by atoms with Crippen molar-refractivity contribution >= 4 is 17.0 Å². The highest BCUT2D eigenvalue weighted by molar-refractivity contribution is 5.87. The molecule has 3 aromatic rings. The maximum atomic E-state index is 11.1. The van der Waals surface area contributed by atoms with Crippen LogP contribution >= 0.6 is 0 Å². The van der Waals surface area contributed by atoms with Crippen molar-refractivity contribution in [3.63, 3.8) is 0 Å². The van der Waals surface area contributed by atoms with E-state index < -0.39 is 5.97 Å². The fourth-order valence-corrected chi connectivity index (χ4v) is 2.93. The van der Waals surface area contributed by atoms with E-state index in [1.807, 2.05) is 24.3 Å². The van der Waals surface area contributed by atoms with Crippen LogP contribution in [0.3, 0.4) is 0 Å². The number of hydrogen-bond donors (Lipinski definition) is 2. The summed E-state index contributed by atoms with van der Waals surface area (Å²) in [5, 5.41) is 12.5. The Bertz CT molecular complexity index is 870. The minimum atomic E-state index is -0.905. The minimum Gasteiger partial charge on any atom is -0.478 e. The Morgan fingerprint density at radius 2 is 2.04 bits per heavy atom. The number of carboxylic acid groups (broad SMARTS) is 1. The van der Waals surface area contributed by atoms with Gasteiger partial charge in [0, 0.05) is 13.1 Å². The van der Waals surface area contributed by atoms with Gasteiger partial charge in [-0.15, -0.1) is 0 Å². The third-order valence-corrected chi connectivity index (χ3v) is 4.17. The van der Waals surface area contributed by atoms with Gasteiger partial charge in [-0.05, 0) is 43.7 Å². The molecule has 3 rings (SSSR count). The summed E-state index contributed by atoms with van der Waals surface area (Å²) < 4.78 is 2.21. The Hall–Kier alpha value is -2.66. The number of para-hydroxylation sites is 2. The van der Waals surface area contributed by atoms with Crippen molar-refractivity contribution < 1.29 is 9.90 Å². The fraction of sp³-hybridized carbons (Fsp3) is 0.263. The zero-order valence-corrected chi connectivity index (χ0v) is 13.9. The number of nitrogens with zero attached hydrogens (tertiary/aromatic N) is 2. The van der Waals surface area contributed by atoms with Crippen molar-refractivity contribution in [2.45, 2.75) is 33.0 Å². The second kappa shape index (κ2) is 6.84. The molecule has 5 heteroatoms. The van der Waals surface area contributed by atoms with Gasteiger partial charge in [-0.25, -0.2) is 9.78 Å². The number of rotatable bonds is 6. The van der Waals surface area contributed by atoms with Crippen molar-refractivity contribution in [3.05, 3.63) is 65.5 Å². The highest BCUT2D eigenvalue weighted by atomic mass is 16.4. The molecule has 0 bridgehead atoms. The SMILES string of the molecule is CCn1c(C(C)NCc2cccc(C(=O)O)c2)nc2ccccc21. The molecule has 5 nitrogen and oxygen atoms in total. The van der Waals surface area contributed by atoms with Gasteiger partial charge >= 0.3 is 5.97 Å². The van der Waals surface area contributed by atoms with Crippen LogP contribution in [0.2, 0.25) is 0 Å². The highest BCUT2D eigenvalue weighted by Crippen LogP contribution is 2.21. The van der Waals surface area contributed by atoms with Crippen LogP contribution in [0.25, 0.3) is 11.0 Å². The van der Waals surface area contributed by atoms with Gasteiger partial charge in [-0.1, -0.05) is 24.3 Å². The van der Waals surface area contributed by atoms with Gasteiger partial charge in [0.15, 0.2) is 0 Å². The van der Waals surface area contributed by atoms with E-state index >= 15 is 0 Å². The van der Waals surface area contributed by atoms with Crippen LogP contribution in [0.4, 0.5) is 0 Å². The lowest BCUT2D eigenvalue weighted by Crippen LogP contribution is -2.21. The van der Waals surface area contributed by atoms with Crippen LogP contribution in [-0.4, -0.2) is 20.6 Å². The number of carboxylic acids is 1. The summed E-state index contributed by atoms with van der Waals surface area (Å²) in [6.45, 7) is 5.64. The van der Waals surface area contributed by atoms with E-state index in [9.17, 15) is 4.79 Å². The molecule has 1 atom stereocenters. The predicted molar refractivity (Wildman–Crippen MR) is 94.1 cm³/mol. The van der Waals surface area contributed by atoms with Gasteiger partial charge in [-0.2, -0.15) is 0 Å². The predicted octanol–water partition coefficient (Wildman–Crippen LogP) is 3.61. The normalized spacial score (nSPS) is 12.4. The van der Waals surface area contributed by atoms with E-state index in [1.165, 1.54) is 0 Å². The monoisotopic (exact) mass is 323 g/mol. The Morgan fingerprint density at radius 3 is 2.79 bits per heavy atom. The molecule has 0 saturated heterocycles. The van der Waals surface area contributed by atoms with E-state index in [-0.39, 0.29) is 6.04 Å². The number of imidazole rings is 1. The van der Waals surface area contributed by atoms with Crippen molar-refractivity contribution in [2.24, 2.45) is 0 Å². The lowest BCUT2D eigenvalue weighted by atomic mass is 10.1. The van der Waals surface area contributed by atoms with Gasteiger partial charge in [0.1, 0.15) is 5.82 Å². The molecule has 0 saturated carbocycles. The quantitative estimate of drug-likeness (QED) is 0.727. The first-order valence-electron chi connectivity index (χ1n) is 8.11. The van der Waals surface area contributed by atoms with Crippen molar-refractivity contribution in [2.75, 3.05) is 0 Å². The molecule has 2 aromatic carbocycles. The highest BCUT2D eigenvalue weighted by Gasteiger charge is 2.15. The molecule has 0 radical (unpaired) electrons. The summed E-state index contributed by atoms with van der Waals surface area (Å²) in [5.74, 6) is 0.0887. The summed E-state index contributed by atoms with van der Waals surface area (Å²) in [6, 6.07) is 15.2. The van der Waals surface area contributed by atoms with Crippen LogP contribution in [0, 0.1) is 0 Å². The molecule has 24 heavy (non-hydrogen) atoms. The van der Waals surface area contributed by atoms with Crippen LogP contribution < -0.4 is 5.32 Å². The molecule has 0 fully saturated rings. The number of benzene rings is 2. The Labute approximate surface area is 141 Å². The Balaban J connectivity index is 1.79.